The van der Waals surface area contributed by atoms with Gasteiger partial charge in [0, 0.05) is 18.2 Å². The van der Waals surface area contributed by atoms with E-state index < -0.39 is 23.5 Å². The van der Waals surface area contributed by atoms with Gasteiger partial charge in [0.25, 0.3) is 5.56 Å². The van der Waals surface area contributed by atoms with Gasteiger partial charge in [-0.15, -0.1) is 0 Å². The Bertz CT molecular complexity index is 741. The molecule has 1 aliphatic carbocycles. The highest BCUT2D eigenvalue weighted by atomic mass is 19.1. The van der Waals surface area contributed by atoms with Gasteiger partial charge in [0.05, 0.1) is 19.3 Å². The van der Waals surface area contributed by atoms with Crippen molar-refractivity contribution < 1.29 is 9.13 Å². The lowest BCUT2D eigenvalue weighted by atomic mass is 9.78. The second kappa shape index (κ2) is 6.27. The lowest BCUT2D eigenvalue weighted by molar-refractivity contribution is -0.0315. The van der Waals surface area contributed by atoms with E-state index in [2.05, 4.69) is 4.98 Å². The highest BCUT2D eigenvalue weighted by molar-refractivity contribution is 5.13. The van der Waals surface area contributed by atoms with Crippen molar-refractivity contribution in [2.45, 2.75) is 25.2 Å². The molecule has 0 spiro atoms. The molecule has 5 nitrogen and oxygen atoms in total. The minimum atomic E-state index is -1.14. The third-order valence-corrected chi connectivity index (χ3v) is 4.01. The Hall–Kier alpha value is -2.21. The summed E-state index contributed by atoms with van der Waals surface area (Å²) in [6, 6.07) is 10.4. The van der Waals surface area contributed by atoms with Gasteiger partial charge in [0.15, 0.2) is 0 Å². The van der Waals surface area contributed by atoms with Gasteiger partial charge in [0.1, 0.15) is 6.17 Å². The number of aromatic amines is 1. The zero-order valence-electron chi connectivity index (χ0n) is 11.9. The smallest absolute Gasteiger partial charge is 0.328 e. The van der Waals surface area contributed by atoms with E-state index in [0.29, 0.717) is 19.6 Å². The standard InChI is InChI=1S/C16H17FN2O3/c17-15-12(10-22-9-11-4-2-1-3-5-11)8-13(15)19-7-6-14(20)18-16(19)21/h1-7,12-13,15H,8-10H2,(H,18,20,21)/t12-,13+,15-/m1/s1. The van der Waals surface area contributed by atoms with Gasteiger partial charge in [-0.25, -0.2) is 9.18 Å². The van der Waals surface area contributed by atoms with Gasteiger partial charge in [-0.2, -0.15) is 0 Å². The molecule has 0 amide bonds. The van der Waals surface area contributed by atoms with Gasteiger partial charge < -0.3 is 4.74 Å². The predicted octanol–water partition coefficient (Wildman–Crippen LogP) is 1.65. The van der Waals surface area contributed by atoms with Gasteiger partial charge in [-0.05, 0) is 12.0 Å². The molecule has 1 saturated carbocycles. The third kappa shape index (κ3) is 3.01. The molecule has 1 fully saturated rings. The Labute approximate surface area is 126 Å². The first-order valence-corrected chi connectivity index (χ1v) is 7.22. The number of nitrogens with one attached hydrogen (secondary N) is 1. The molecule has 0 bridgehead atoms. The molecule has 3 rings (SSSR count). The predicted molar refractivity (Wildman–Crippen MR) is 79.5 cm³/mol. The summed E-state index contributed by atoms with van der Waals surface area (Å²) in [4.78, 5) is 24.8. The van der Waals surface area contributed by atoms with Crippen molar-refractivity contribution in [1.29, 1.82) is 0 Å². The van der Waals surface area contributed by atoms with E-state index >= 15 is 0 Å². The monoisotopic (exact) mass is 304 g/mol. The van der Waals surface area contributed by atoms with Crippen LogP contribution in [-0.4, -0.2) is 22.3 Å². The molecule has 0 radical (unpaired) electrons. The number of H-pyrrole nitrogens is 1. The van der Waals surface area contributed by atoms with E-state index in [1.54, 1.807) is 0 Å². The Balaban J connectivity index is 1.53. The number of alkyl halides is 1. The second-order valence-corrected chi connectivity index (χ2v) is 5.53. The van der Waals surface area contributed by atoms with Crippen molar-refractivity contribution >= 4 is 0 Å². The lowest BCUT2D eigenvalue weighted by Crippen LogP contribution is -2.47. The number of aromatic nitrogens is 2. The van der Waals surface area contributed by atoms with Gasteiger partial charge in [-0.1, -0.05) is 30.3 Å². The fourth-order valence-corrected chi connectivity index (χ4v) is 2.71. The minimum absolute atomic E-state index is 0.215. The largest absolute Gasteiger partial charge is 0.376 e. The summed E-state index contributed by atoms with van der Waals surface area (Å²) in [6.07, 6.45) is 0.737. The highest BCUT2D eigenvalue weighted by Gasteiger charge is 2.43. The third-order valence-electron chi connectivity index (χ3n) is 4.01. The van der Waals surface area contributed by atoms with Crippen LogP contribution < -0.4 is 11.2 Å². The second-order valence-electron chi connectivity index (χ2n) is 5.53. The maximum Gasteiger partial charge on any atom is 0.328 e. The Morgan fingerprint density at radius 1 is 1.23 bits per heavy atom. The molecule has 1 aliphatic rings. The Morgan fingerprint density at radius 2 is 2.00 bits per heavy atom. The Kier molecular flexibility index (Phi) is 4.20. The molecule has 0 saturated heterocycles. The minimum Gasteiger partial charge on any atom is -0.376 e. The number of hydrogen-bond acceptors (Lipinski definition) is 3. The van der Waals surface area contributed by atoms with Crippen LogP contribution in [0.4, 0.5) is 4.39 Å². The molecule has 1 heterocycles. The average Bonchev–Trinajstić information content (AvgIpc) is 2.52. The number of halogens is 1. The summed E-state index contributed by atoms with van der Waals surface area (Å²) >= 11 is 0. The first kappa shape index (κ1) is 14.7. The van der Waals surface area contributed by atoms with Gasteiger partial charge in [-0.3, -0.25) is 14.3 Å². The molecule has 3 atom stereocenters. The first-order valence-electron chi connectivity index (χ1n) is 7.22. The topological polar surface area (TPSA) is 64.1 Å². The van der Waals surface area contributed by atoms with Crippen LogP contribution in [0.3, 0.4) is 0 Å². The number of hydrogen-bond donors (Lipinski definition) is 1. The van der Waals surface area contributed by atoms with Crippen LogP contribution in [0, 0.1) is 5.92 Å². The number of nitrogens with zero attached hydrogens (tertiary/aromatic N) is 1. The zero-order chi connectivity index (χ0) is 15.5. The first-order chi connectivity index (χ1) is 10.6. The van der Waals surface area contributed by atoms with Crippen LogP contribution in [0.1, 0.15) is 18.0 Å². The van der Waals surface area contributed by atoms with Crippen LogP contribution in [-0.2, 0) is 11.3 Å². The molecule has 1 N–H and O–H groups in total. The van der Waals surface area contributed by atoms with Crippen LogP contribution in [0.15, 0.2) is 52.2 Å². The SMILES string of the molecule is O=c1ccn([C@H]2C[C@H](COCc3ccccc3)[C@H]2F)c(=O)[nH]1. The van der Waals surface area contributed by atoms with Crippen molar-refractivity contribution in [2.24, 2.45) is 5.92 Å². The summed E-state index contributed by atoms with van der Waals surface area (Å²) in [5.41, 5.74) is 0.00756. The van der Waals surface area contributed by atoms with E-state index in [4.69, 9.17) is 4.74 Å². The molecular formula is C16H17FN2O3. The summed E-state index contributed by atoms with van der Waals surface area (Å²) in [7, 11) is 0. The molecule has 1 aromatic carbocycles. The number of benzene rings is 1. The number of rotatable bonds is 5. The normalized spacial score (nSPS) is 24.0. The molecule has 1 aromatic heterocycles. The van der Waals surface area contributed by atoms with Crippen LogP contribution in [0.5, 0.6) is 0 Å². The van der Waals surface area contributed by atoms with Crippen LogP contribution in [0.25, 0.3) is 0 Å². The molecule has 116 valence electrons. The summed E-state index contributed by atoms with van der Waals surface area (Å²) in [5.74, 6) is -0.215. The molecule has 0 unspecified atom stereocenters. The summed E-state index contributed by atoms with van der Waals surface area (Å²) in [6.45, 7) is 0.776. The summed E-state index contributed by atoms with van der Waals surface area (Å²) in [5, 5.41) is 0. The Morgan fingerprint density at radius 3 is 2.68 bits per heavy atom. The number of ether oxygens (including phenoxy) is 1. The molecule has 2 aromatic rings. The average molecular weight is 304 g/mol. The maximum absolute atomic E-state index is 14.2. The van der Waals surface area contributed by atoms with Gasteiger partial charge in [0.2, 0.25) is 0 Å². The van der Waals surface area contributed by atoms with Crippen molar-refractivity contribution in [3.05, 3.63) is 69.0 Å². The zero-order valence-corrected chi connectivity index (χ0v) is 11.9. The summed E-state index contributed by atoms with van der Waals surface area (Å²) < 4.78 is 21.0. The van der Waals surface area contributed by atoms with E-state index in [1.807, 2.05) is 30.3 Å². The maximum atomic E-state index is 14.2. The fraction of sp³-hybridized carbons (Fsp3) is 0.375. The molecule has 0 aliphatic heterocycles. The van der Waals surface area contributed by atoms with Crippen molar-refractivity contribution in [3.8, 4) is 0 Å². The van der Waals surface area contributed by atoms with Crippen LogP contribution in [0.2, 0.25) is 0 Å². The van der Waals surface area contributed by atoms with Crippen molar-refractivity contribution in [3.63, 3.8) is 0 Å². The van der Waals surface area contributed by atoms with E-state index in [1.165, 1.54) is 16.8 Å². The molecule has 6 heteroatoms. The van der Waals surface area contributed by atoms with Crippen LogP contribution >= 0.6 is 0 Å². The quantitative estimate of drug-likeness (QED) is 0.913. The van der Waals surface area contributed by atoms with E-state index in [0.717, 1.165) is 5.56 Å². The molecule has 22 heavy (non-hydrogen) atoms. The van der Waals surface area contributed by atoms with Gasteiger partial charge >= 0.3 is 5.69 Å². The molecular weight excluding hydrogens is 287 g/mol. The van der Waals surface area contributed by atoms with Crippen molar-refractivity contribution in [1.82, 2.24) is 9.55 Å². The van der Waals surface area contributed by atoms with E-state index in [9.17, 15) is 14.0 Å². The fourth-order valence-electron chi connectivity index (χ4n) is 2.71. The lowest BCUT2D eigenvalue weighted by Gasteiger charge is -2.39. The van der Waals surface area contributed by atoms with Crippen molar-refractivity contribution in [2.75, 3.05) is 6.61 Å². The highest BCUT2D eigenvalue weighted by Crippen LogP contribution is 2.40. The van der Waals surface area contributed by atoms with E-state index in [-0.39, 0.29) is 5.92 Å².